The van der Waals surface area contributed by atoms with Crippen LogP contribution < -0.4 is 24.4 Å². The van der Waals surface area contributed by atoms with Crippen molar-refractivity contribution in [2.24, 2.45) is 4.99 Å². The molecule has 0 spiro atoms. The van der Waals surface area contributed by atoms with Gasteiger partial charge in [0.1, 0.15) is 12.6 Å². The van der Waals surface area contributed by atoms with Crippen molar-refractivity contribution in [2.45, 2.75) is 26.5 Å². The average Bonchev–Trinajstić information content (AvgIpc) is 3.26. The zero-order valence-corrected chi connectivity index (χ0v) is 24.8. The van der Waals surface area contributed by atoms with Gasteiger partial charge in [-0.2, -0.15) is 0 Å². The van der Waals surface area contributed by atoms with Gasteiger partial charge in [-0.25, -0.2) is 9.79 Å². The van der Waals surface area contributed by atoms with Gasteiger partial charge in [0, 0.05) is 15.6 Å². The molecule has 5 rings (SSSR count). The Bertz CT molecular complexity index is 1840. The third-order valence-electron chi connectivity index (χ3n) is 6.54. The minimum Gasteiger partial charge on any atom is -0.493 e. The number of fused-ring (bicyclic) bond motifs is 1. The molecule has 1 atom stereocenters. The summed E-state index contributed by atoms with van der Waals surface area (Å²) in [5, 5.41) is 1.05. The molecule has 1 aliphatic heterocycles. The Kier molecular flexibility index (Phi) is 8.63. The summed E-state index contributed by atoms with van der Waals surface area (Å²) in [5.74, 6) is 0.512. The van der Waals surface area contributed by atoms with E-state index in [1.165, 1.54) is 15.9 Å². The van der Waals surface area contributed by atoms with Crippen molar-refractivity contribution in [1.29, 1.82) is 0 Å². The van der Waals surface area contributed by atoms with Crippen LogP contribution in [0.5, 0.6) is 11.5 Å². The molecular formula is C31H26Cl2N2O5S. The number of thiazole rings is 1. The van der Waals surface area contributed by atoms with Gasteiger partial charge in [0.2, 0.25) is 0 Å². The van der Waals surface area contributed by atoms with Crippen LogP contribution in [-0.4, -0.2) is 24.3 Å². The summed E-state index contributed by atoms with van der Waals surface area (Å²) in [6.45, 7) is 3.93. The van der Waals surface area contributed by atoms with E-state index in [4.69, 9.17) is 37.4 Å². The van der Waals surface area contributed by atoms with E-state index in [9.17, 15) is 9.59 Å². The molecular weight excluding hydrogens is 583 g/mol. The molecule has 0 bridgehead atoms. The van der Waals surface area contributed by atoms with Crippen LogP contribution >= 0.6 is 34.5 Å². The second-order valence-corrected chi connectivity index (χ2v) is 10.9. The van der Waals surface area contributed by atoms with Gasteiger partial charge in [-0.15, -0.1) is 0 Å². The molecule has 4 aromatic rings. The van der Waals surface area contributed by atoms with Gasteiger partial charge in [0.05, 0.1) is 29.5 Å². The smallest absolute Gasteiger partial charge is 0.338 e. The van der Waals surface area contributed by atoms with Crippen LogP contribution in [0, 0.1) is 0 Å². The minimum absolute atomic E-state index is 0.190. The van der Waals surface area contributed by atoms with E-state index in [0.717, 1.165) is 11.1 Å². The molecule has 210 valence electrons. The summed E-state index contributed by atoms with van der Waals surface area (Å²) in [5.41, 5.74) is 2.65. The number of halogens is 2. The fourth-order valence-electron chi connectivity index (χ4n) is 4.60. The summed E-state index contributed by atoms with van der Waals surface area (Å²) in [6, 6.07) is 19.2. The van der Waals surface area contributed by atoms with Crippen LogP contribution in [0.4, 0.5) is 0 Å². The molecule has 10 heteroatoms. The highest BCUT2D eigenvalue weighted by Crippen LogP contribution is 2.34. The van der Waals surface area contributed by atoms with E-state index in [1.54, 1.807) is 57.4 Å². The standard InChI is InChI=1S/C31H26Cl2N2O5S/c1-4-39-30(37)27-18(2)34-31-35(28(27)21-10-6-8-12-23(21)33)29(36)26(41-31)16-19-13-14-24(25(15-19)38-3)40-17-20-9-5-7-11-22(20)32/h5-16,28H,4,17H2,1-3H3. The molecule has 1 aliphatic rings. The monoisotopic (exact) mass is 608 g/mol. The Labute approximate surface area is 250 Å². The van der Waals surface area contributed by atoms with Crippen molar-refractivity contribution in [2.75, 3.05) is 13.7 Å². The zero-order valence-electron chi connectivity index (χ0n) is 22.5. The molecule has 0 saturated heterocycles. The number of aromatic nitrogens is 1. The summed E-state index contributed by atoms with van der Waals surface area (Å²) >= 11 is 14.1. The van der Waals surface area contributed by atoms with Crippen molar-refractivity contribution in [3.05, 3.63) is 124 Å². The number of ether oxygens (including phenoxy) is 3. The molecule has 3 aromatic carbocycles. The number of nitrogens with zero attached hydrogens (tertiary/aromatic N) is 2. The minimum atomic E-state index is -0.781. The molecule has 7 nitrogen and oxygen atoms in total. The predicted octanol–water partition coefficient (Wildman–Crippen LogP) is 5.69. The number of benzene rings is 3. The lowest BCUT2D eigenvalue weighted by Gasteiger charge is -2.25. The van der Waals surface area contributed by atoms with Crippen molar-refractivity contribution in [3.8, 4) is 11.5 Å². The highest BCUT2D eigenvalue weighted by molar-refractivity contribution is 7.07. The first-order valence-electron chi connectivity index (χ1n) is 12.8. The lowest BCUT2D eigenvalue weighted by atomic mass is 9.96. The Hall–Kier alpha value is -3.85. The highest BCUT2D eigenvalue weighted by atomic mass is 35.5. The Morgan fingerprint density at radius 3 is 2.49 bits per heavy atom. The normalized spacial score (nSPS) is 14.9. The summed E-state index contributed by atoms with van der Waals surface area (Å²) in [7, 11) is 1.55. The number of rotatable bonds is 8. The first kappa shape index (κ1) is 28.7. The summed E-state index contributed by atoms with van der Waals surface area (Å²) in [4.78, 5) is 32.0. The van der Waals surface area contributed by atoms with Gasteiger partial charge in [0.25, 0.3) is 5.56 Å². The van der Waals surface area contributed by atoms with Crippen LogP contribution in [0.15, 0.2) is 87.8 Å². The first-order chi connectivity index (χ1) is 19.8. The van der Waals surface area contributed by atoms with Crippen molar-refractivity contribution < 1.29 is 19.0 Å². The predicted molar refractivity (Wildman–Crippen MR) is 161 cm³/mol. The Morgan fingerprint density at radius 1 is 1.05 bits per heavy atom. The summed E-state index contributed by atoms with van der Waals surface area (Å²) in [6.07, 6.45) is 1.76. The van der Waals surface area contributed by atoms with E-state index in [1.807, 2.05) is 36.4 Å². The van der Waals surface area contributed by atoms with Gasteiger partial charge in [-0.1, -0.05) is 77.0 Å². The largest absolute Gasteiger partial charge is 0.493 e. The van der Waals surface area contributed by atoms with E-state index < -0.39 is 12.0 Å². The van der Waals surface area contributed by atoms with Gasteiger partial charge < -0.3 is 14.2 Å². The van der Waals surface area contributed by atoms with Gasteiger partial charge >= 0.3 is 5.97 Å². The second kappa shape index (κ2) is 12.3. The van der Waals surface area contributed by atoms with E-state index in [2.05, 4.69) is 4.99 Å². The first-order valence-corrected chi connectivity index (χ1v) is 14.4. The number of carbonyl (C=O) groups excluding carboxylic acids is 1. The maximum atomic E-state index is 13.9. The van der Waals surface area contributed by atoms with E-state index in [-0.39, 0.29) is 24.3 Å². The fraction of sp³-hybridized carbons (Fsp3) is 0.194. The van der Waals surface area contributed by atoms with Crippen LogP contribution in [0.25, 0.3) is 6.08 Å². The SMILES string of the molecule is CCOC(=O)C1=C(C)N=c2sc(=Cc3ccc(OCc4ccccc4Cl)c(OC)c3)c(=O)n2C1c1ccccc1Cl. The molecule has 0 saturated carbocycles. The average molecular weight is 610 g/mol. The number of esters is 1. The van der Waals surface area contributed by atoms with Crippen LogP contribution in [0.1, 0.15) is 36.6 Å². The molecule has 1 aromatic heterocycles. The molecule has 0 amide bonds. The van der Waals surface area contributed by atoms with Gasteiger partial charge in [-0.05, 0) is 55.3 Å². The number of hydrogen-bond donors (Lipinski definition) is 0. The van der Waals surface area contributed by atoms with E-state index >= 15 is 0 Å². The lowest BCUT2D eigenvalue weighted by Crippen LogP contribution is -2.40. The molecule has 2 heterocycles. The topological polar surface area (TPSA) is 79.1 Å². The number of carbonyl (C=O) groups is 1. The lowest BCUT2D eigenvalue weighted by molar-refractivity contribution is -0.139. The third-order valence-corrected chi connectivity index (χ3v) is 8.24. The quantitative estimate of drug-likeness (QED) is 0.240. The van der Waals surface area contributed by atoms with E-state index in [0.29, 0.717) is 42.1 Å². The van der Waals surface area contributed by atoms with Gasteiger partial charge in [0.15, 0.2) is 16.3 Å². The third kappa shape index (κ3) is 5.81. The van der Waals surface area contributed by atoms with Crippen molar-refractivity contribution in [3.63, 3.8) is 0 Å². The maximum Gasteiger partial charge on any atom is 0.338 e. The van der Waals surface area contributed by atoms with Crippen molar-refractivity contribution in [1.82, 2.24) is 4.57 Å². The van der Waals surface area contributed by atoms with Crippen LogP contribution in [-0.2, 0) is 16.1 Å². The number of methoxy groups -OCH3 is 1. The second-order valence-electron chi connectivity index (χ2n) is 9.11. The molecule has 0 fully saturated rings. The van der Waals surface area contributed by atoms with Gasteiger partial charge in [-0.3, -0.25) is 9.36 Å². The molecule has 0 N–H and O–H groups in total. The maximum absolute atomic E-state index is 13.9. The number of allylic oxidation sites excluding steroid dienone is 1. The van der Waals surface area contributed by atoms with Crippen molar-refractivity contribution >= 4 is 46.6 Å². The number of hydrogen-bond acceptors (Lipinski definition) is 7. The summed E-state index contributed by atoms with van der Waals surface area (Å²) < 4.78 is 18.8. The zero-order chi connectivity index (χ0) is 29.1. The van der Waals surface area contributed by atoms with Crippen LogP contribution in [0.3, 0.4) is 0 Å². The highest BCUT2D eigenvalue weighted by Gasteiger charge is 2.34. The molecule has 0 aliphatic carbocycles. The Balaban J connectivity index is 1.56. The molecule has 1 unspecified atom stereocenters. The Morgan fingerprint density at radius 2 is 1.78 bits per heavy atom. The molecule has 0 radical (unpaired) electrons. The fourth-order valence-corrected chi connectivity index (χ4v) is 6.07. The van der Waals surface area contributed by atoms with Crippen LogP contribution in [0.2, 0.25) is 10.0 Å². The molecule has 41 heavy (non-hydrogen) atoms.